The smallest absolute Gasteiger partial charge is 0.350 e. The van der Waals surface area contributed by atoms with E-state index in [9.17, 15) is 4.79 Å². The monoisotopic (exact) mass is 260 g/mol. The Kier molecular flexibility index (Phi) is 2.64. The molecule has 0 unspecified atom stereocenters. The highest BCUT2D eigenvalue weighted by molar-refractivity contribution is 7.15. The predicted molar refractivity (Wildman–Crippen MR) is 65.1 cm³/mol. The summed E-state index contributed by atoms with van der Waals surface area (Å²) in [6.07, 6.45) is 2.31. The van der Waals surface area contributed by atoms with Crippen LogP contribution in [0.2, 0.25) is 0 Å². The van der Waals surface area contributed by atoms with E-state index in [4.69, 9.17) is 10.5 Å². The number of methoxy groups -OCH3 is 1. The van der Waals surface area contributed by atoms with E-state index in [0.717, 1.165) is 24.9 Å². The Morgan fingerprint density at radius 3 is 2.81 bits per heavy atom. The zero-order valence-electron chi connectivity index (χ0n) is 8.83. The van der Waals surface area contributed by atoms with Gasteiger partial charge in [-0.1, -0.05) is 0 Å². The Morgan fingerprint density at radius 1 is 1.56 bits per heavy atom. The third-order valence-corrected chi connectivity index (χ3v) is 4.64. The summed E-state index contributed by atoms with van der Waals surface area (Å²) in [5.74, 6) is -0.317. The van der Waals surface area contributed by atoms with Crippen LogP contribution in [0.5, 0.6) is 0 Å². The Hall–Kier alpha value is -0.780. The van der Waals surface area contributed by atoms with Gasteiger partial charge in [-0.3, -0.25) is 0 Å². The highest BCUT2D eigenvalue weighted by atomic mass is 35.5. The van der Waals surface area contributed by atoms with Crippen LogP contribution in [-0.2, 0) is 16.8 Å². The number of carbonyl (C=O) groups is 1. The van der Waals surface area contributed by atoms with Gasteiger partial charge in [0.25, 0.3) is 0 Å². The molecule has 3 rings (SSSR count). The topological polar surface area (TPSA) is 64.3 Å². The SMILES string of the molecule is COC(=O)c1sc2c(c1N)CNC21CC1.Cl. The van der Waals surface area contributed by atoms with Crippen molar-refractivity contribution in [3.05, 3.63) is 15.3 Å². The largest absolute Gasteiger partial charge is 0.465 e. The number of hydrogen-bond acceptors (Lipinski definition) is 5. The summed E-state index contributed by atoms with van der Waals surface area (Å²) in [7, 11) is 1.39. The standard InChI is InChI=1S/C10H12N2O2S.ClH/c1-14-9(13)7-6(11)5-4-12-10(2-3-10)8(5)15-7;/h12H,2-4,11H2,1H3;1H. The number of nitrogens with one attached hydrogen (secondary N) is 1. The highest BCUT2D eigenvalue weighted by Crippen LogP contribution is 2.55. The number of thiophene rings is 1. The molecule has 0 aromatic carbocycles. The minimum atomic E-state index is -0.317. The van der Waals surface area contributed by atoms with Crippen LogP contribution in [0.3, 0.4) is 0 Å². The van der Waals surface area contributed by atoms with E-state index in [-0.39, 0.29) is 23.9 Å². The maximum Gasteiger partial charge on any atom is 0.350 e. The number of rotatable bonds is 1. The molecule has 0 bridgehead atoms. The van der Waals surface area contributed by atoms with Crippen molar-refractivity contribution in [1.82, 2.24) is 5.32 Å². The molecule has 88 valence electrons. The van der Waals surface area contributed by atoms with Gasteiger partial charge in [0.2, 0.25) is 0 Å². The molecule has 0 saturated heterocycles. The van der Waals surface area contributed by atoms with E-state index in [2.05, 4.69) is 5.32 Å². The van der Waals surface area contributed by atoms with Gasteiger partial charge in [0, 0.05) is 17.0 Å². The van der Waals surface area contributed by atoms with Crippen molar-refractivity contribution in [1.29, 1.82) is 0 Å². The number of anilines is 1. The van der Waals surface area contributed by atoms with Crippen LogP contribution >= 0.6 is 23.7 Å². The predicted octanol–water partition coefficient (Wildman–Crippen LogP) is 1.63. The molecule has 1 aliphatic heterocycles. The Balaban J connectivity index is 0.000000963. The van der Waals surface area contributed by atoms with E-state index in [1.807, 2.05) is 0 Å². The lowest BCUT2D eigenvalue weighted by atomic mass is 10.2. The first kappa shape index (κ1) is 11.7. The van der Waals surface area contributed by atoms with Gasteiger partial charge < -0.3 is 15.8 Å². The van der Waals surface area contributed by atoms with Crippen LogP contribution < -0.4 is 11.1 Å². The lowest BCUT2D eigenvalue weighted by Crippen LogP contribution is -2.19. The Morgan fingerprint density at radius 2 is 2.25 bits per heavy atom. The second kappa shape index (κ2) is 3.61. The van der Waals surface area contributed by atoms with Gasteiger partial charge >= 0.3 is 5.97 Å². The molecule has 0 atom stereocenters. The fraction of sp³-hybridized carbons (Fsp3) is 0.500. The van der Waals surface area contributed by atoms with Crippen molar-refractivity contribution in [3.8, 4) is 0 Å². The maximum atomic E-state index is 11.5. The summed E-state index contributed by atoms with van der Waals surface area (Å²) in [6.45, 7) is 0.786. The zero-order chi connectivity index (χ0) is 10.6. The van der Waals surface area contributed by atoms with Crippen LogP contribution in [0.25, 0.3) is 0 Å². The maximum absolute atomic E-state index is 11.5. The first-order valence-corrected chi connectivity index (χ1v) is 5.74. The van der Waals surface area contributed by atoms with Gasteiger partial charge in [-0.15, -0.1) is 23.7 Å². The van der Waals surface area contributed by atoms with Crippen molar-refractivity contribution in [2.45, 2.75) is 24.9 Å². The van der Waals surface area contributed by atoms with Crippen molar-refractivity contribution >= 4 is 35.4 Å². The number of hydrogen-bond donors (Lipinski definition) is 2. The number of nitrogen functional groups attached to an aromatic ring is 1. The average molecular weight is 261 g/mol. The number of nitrogens with two attached hydrogens (primary N) is 1. The summed E-state index contributed by atoms with van der Waals surface area (Å²) >= 11 is 1.49. The quantitative estimate of drug-likeness (QED) is 0.754. The minimum absolute atomic E-state index is 0. The molecule has 4 nitrogen and oxygen atoms in total. The molecular weight excluding hydrogens is 248 g/mol. The van der Waals surface area contributed by atoms with Crippen molar-refractivity contribution < 1.29 is 9.53 Å². The number of halogens is 1. The van der Waals surface area contributed by atoms with E-state index in [1.54, 1.807) is 0 Å². The number of carbonyl (C=O) groups excluding carboxylic acids is 1. The molecule has 2 heterocycles. The highest BCUT2D eigenvalue weighted by Gasteiger charge is 2.51. The van der Waals surface area contributed by atoms with Gasteiger partial charge in [0.15, 0.2) is 0 Å². The number of fused-ring (bicyclic) bond motifs is 2. The van der Waals surface area contributed by atoms with Gasteiger partial charge in [0.1, 0.15) is 4.88 Å². The molecule has 3 N–H and O–H groups in total. The second-order valence-electron chi connectivity index (χ2n) is 4.08. The molecule has 1 spiro atoms. The van der Waals surface area contributed by atoms with Crippen molar-refractivity contribution in [2.24, 2.45) is 0 Å². The molecule has 1 fully saturated rings. The molecular formula is C10H13ClN2O2S. The summed E-state index contributed by atoms with van der Waals surface area (Å²) in [4.78, 5) is 13.3. The summed E-state index contributed by atoms with van der Waals surface area (Å²) in [5, 5.41) is 3.46. The molecule has 0 radical (unpaired) electrons. The first-order valence-electron chi connectivity index (χ1n) is 4.93. The average Bonchev–Trinajstić information content (AvgIpc) is 2.82. The number of esters is 1. The third kappa shape index (κ3) is 1.35. The summed E-state index contributed by atoms with van der Waals surface area (Å²) in [6, 6.07) is 0. The van der Waals surface area contributed by atoms with E-state index < -0.39 is 0 Å². The first-order chi connectivity index (χ1) is 7.18. The van der Waals surface area contributed by atoms with E-state index >= 15 is 0 Å². The van der Waals surface area contributed by atoms with Gasteiger partial charge in [-0.2, -0.15) is 0 Å². The molecule has 0 amide bonds. The van der Waals surface area contributed by atoms with Crippen LogP contribution in [0.4, 0.5) is 5.69 Å². The van der Waals surface area contributed by atoms with Gasteiger partial charge in [-0.25, -0.2) is 4.79 Å². The van der Waals surface area contributed by atoms with Crippen LogP contribution in [-0.4, -0.2) is 13.1 Å². The molecule has 1 aromatic heterocycles. The van der Waals surface area contributed by atoms with Gasteiger partial charge in [-0.05, 0) is 12.8 Å². The molecule has 1 aromatic rings. The normalized spacial score (nSPS) is 19.1. The molecule has 16 heavy (non-hydrogen) atoms. The fourth-order valence-corrected chi connectivity index (χ4v) is 3.53. The summed E-state index contributed by atoms with van der Waals surface area (Å²) < 4.78 is 4.71. The van der Waals surface area contributed by atoms with Crippen molar-refractivity contribution in [2.75, 3.05) is 12.8 Å². The third-order valence-electron chi connectivity index (χ3n) is 3.21. The second-order valence-corrected chi connectivity index (χ2v) is 5.10. The van der Waals surface area contributed by atoms with E-state index in [0.29, 0.717) is 10.6 Å². The van der Waals surface area contributed by atoms with E-state index in [1.165, 1.54) is 23.3 Å². The molecule has 1 saturated carbocycles. The lowest BCUT2D eigenvalue weighted by Gasteiger charge is -2.05. The minimum Gasteiger partial charge on any atom is -0.465 e. The zero-order valence-corrected chi connectivity index (χ0v) is 10.5. The van der Waals surface area contributed by atoms with Crippen molar-refractivity contribution in [3.63, 3.8) is 0 Å². The van der Waals surface area contributed by atoms with Gasteiger partial charge in [0.05, 0.1) is 18.3 Å². The molecule has 2 aliphatic rings. The molecule has 1 aliphatic carbocycles. The lowest BCUT2D eigenvalue weighted by molar-refractivity contribution is 0.0607. The fourth-order valence-electron chi connectivity index (χ4n) is 2.15. The Bertz CT molecular complexity index is 454. The number of ether oxygens (including phenoxy) is 1. The van der Waals surface area contributed by atoms with Crippen LogP contribution in [0.15, 0.2) is 0 Å². The Labute approximate surface area is 104 Å². The van der Waals surface area contributed by atoms with Crippen LogP contribution in [0, 0.1) is 0 Å². The van der Waals surface area contributed by atoms with Crippen LogP contribution in [0.1, 0.15) is 33.0 Å². The molecule has 6 heteroatoms. The summed E-state index contributed by atoms with van der Waals surface area (Å²) in [5.41, 5.74) is 7.82.